The summed E-state index contributed by atoms with van der Waals surface area (Å²) in [5.74, 6) is 0.978. The molecule has 0 unspecified atom stereocenters. The Bertz CT molecular complexity index is 556. The number of nitrogens with one attached hydrogen (secondary N) is 1. The summed E-state index contributed by atoms with van der Waals surface area (Å²) in [4.78, 5) is 0. The van der Waals surface area contributed by atoms with E-state index in [-0.39, 0.29) is 0 Å². The van der Waals surface area contributed by atoms with Crippen LogP contribution >= 0.6 is 0 Å². The van der Waals surface area contributed by atoms with Crippen molar-refractivity contribution >= 4 is 5.69 Å². The zero-order chi connectivity index (χ0) is 14.5. The fourth-order valence-corrected chi connectivity index (χ4v) is 2.84. The van der Waals surface area contributed by atoms with Crippen LogP contribution in [0.5, 0.6) is 5.75 Å². The van der Waals surface area contributed by atoms with Crippen molar-refractivity contribution < 1.29 is 4.74 Å². The van der Waals surface area contributed by atoms with Crippen molar-refractivity contribution in [2.45, 2.75) is 51.8 Å². The Hall–Kier alpha value is -1.97. The summed E-state index contributed by atoms with van der Waals surface area (Å²) in [6.45, 7) is 3.79. The topological polar surface area (TPSA) is 39.1 Å². The zero-order valence-corrected chi connectivity index (χ0v) is 12.6. The molecule has 1 aromatic heterocycles. The third kappa shape index (κ3) is 3.57. The summed E-state index contributed by atoms with van der Waals surface area (Å²) in [5.41, 5.74) is 2.31. The molecule has 1 aromatic carbocycles. The monoisotopic (exact) mass is 285 g/mol. The van der Waals surface area contributed by atoms with E-state index in [0.717, 1.165) is 24.5 Å². The summed E-state index contributed by atoms with van der Waals surface area (Å²) < 4.78 is 7.98. The molecule has 1 fully saturated rings. The summed E-state index contributed by atoms with van der Waals surface area (Å²) in [5, 5.41) is 7.70. The van der Waals surface area contributed by atoms with E-state index in [0.29, 0.717) is 6.10 Å². The molecule has 0 atom stereocenters. The van der Waals surface area contributed by atoms with E-state index in [4.69, 9.17) is 4.74 Å². The van der Waals surface area contributed by atoms with Crippen molar-refractivity contribution in [1.29, 1.82) is 0 Å². The van der Waals surface area contributed by atoms with Crippen molar-refractivity contribution in [3.8, 4) is 5.75 Å². The highest BCUT2D eigenvalue weighted by Crippen LogP contribution is 2.25. The highest BCUT2D eigenvalue weighted by Gasteiger charge is 2.16. The highest BCUT2D eigenvalue weighted by molar-refractivity contribution is 5.46. The summed E-state index contributed by atoms with van der Waals surface area (Å²) >= 11 is 0. The molecule has 1 aliphatic rings. The smallest absolute Gasteiger partial charge is 0.119 e. The molecule has 0 spiro atoms. The summed E-state index contributed by atoms with van der Waals surface area (Å²) in [7, 11) is 0. The molecule has 0 aliphatic heterocycles. The van der Waals surface area contributed by atoms with Crippen LogP contribution in [-0.4, -0.2) is 15.9 Å². The molecule has 0 amide bonds. The first-order chi connectivity index (χ1) is 10.3. The van der Waals surface area contributed by atoms with E-state index in [1.54, 1.807) is 0 Å². The number of hydrogen-bond donors (Lipinski definition) is 1. The lowest BCUT2D eigenvalue weighted by atomic mass is 10.2. The summed E-state index contributed by atoms with van der Waals surface area (Å²) in [6, 6.07) is 10.3. The minimum Gasteiger partial charge on any atom is -0.490 e. The Labute approximate surface area is 126 Å². The Morgan fingerprint density at radius 2 is 1.95 bits per heavy atom. The maximum atomic E-state index is 5.98. The van der Waals surface area contributed by atoms with Crippen molar-refractivity contribution in [2.75, 3.05) is 5.32 Å². The van der Waals surface area contributed by atoms with E-state index in [9.17, 15) is 0 Å². The molecule has 21 heavy (non-hydrogen) atoms. The fraction of sp³-hybridized carbons (Fsp3) is 0.471. The molecule has 4 nitrogen and oxygen atoms in total. The number of ether oxygens (including phenoxy) is 1. The molecule has 3 rings (SSSR count). The van der Waals surface area contributed by atoms with Crippen LogP contribution in [0, 0.1) is 0 Å². The SMILES string of the molecule is CCn1nccc1CNc1ccc(OC2CCCC2)cc1. The van der Waals surface area contributed by atoms with Gasteiger partial charge in [-0.15, -0.1) is 0 Å². The third-order valence-corrected chi connectivity index (χ3v) is 4.04. The Balaban J connectivity index is 1.54. The maximum Gasteiger partial charge on any atom is 0.119 e. The second-order valence-corrected chi connectivity index (χ2v) is 5.54. The van der Waals surface area contributed by atoms with Crippen molar-refractivity contribution in [3.63, 3.8) is 0 Å². The first kappa shape index (κ1) is 14.0. The van der Waals surface area contributed by atoms with Crippen LogP contribution in [0.15, 0.2) is 36.5 Å². The van der Waals surface area contributed by atoms with Gasteiger partial charge in [0.2, 0.25) is 0 Å². The van der Waals surface area contributed by atoms with Gasteiger partial charge >= 0.3 is 0 Å². The maximum absolute atomic E-state index is 5.98. The van der Waals surface area contributed by atoms with Gasteiger partial charge in [0.1, 0.15) is 5.75 Å². The van der Waals surface area contributed by atoms with Gasteiger partial charge in [0.25, 0.3) is 0 Å². The van der Waals surface area contributed by atoms with Crippen LogP contribution in [0.4, 0.5) is 5.69 Å². The Morgan fingerprint density at radius 3 is 2.67 bits per heavy atom. The Morgan fingerprint density at radius 1 is 1.19 bits per heavy atom. The van der Waals surface area contributed by atoms with Crippen LogP contribution in [-0.2, 0) is 13.1 Å². The molecule has 112 valence electrons. The van der Waals surface area contributed by atoms with E-state index in [1.807, 2.05) is 16.9 Å². The molecule has 2 aromatic rings. The first-order valence-electron chi connectivity index (χ1n) is 7.86. The molecule has 1 saturated carbocycles. The number of benzene rings is 1. The number of hydrogen-bond acceptors (Lipinski definition) is 3. The van der Waals surface area contributed by atoms with Gasteiger partial charge in [-0.05, 0) is 62.9 Å². The van der Waals surface area contributed by atoms with Gasteiger partial charge in [0.15, 0.2) is 0 Å². The molecule has 0 radical (unpaired) electrons. The van der Waals surface area contributed by atoms with Gasteiger partial charge in [-0.25, -0.2) is 0 Å². The number of rotatable bonds is 6. The second-order valence-electron chi connectivity index (χ2n) is 5.54. The van der Waals surface area contributed by atoms with Gasteiger partial charge in [0, 0.05) is 18.4 Å². The lowest BCUT2D eigenvalue weighted by Gasteiger charge is -2.14. The quantitative estimate of drug-likeness (QED) is 0.876. The van der Waals surface area contributed by atoms with Crippen molar-refractivity contribution in [3.05, 3.63) is 42.2 Å². The molecule has 1 heterocycles. The van der Waals surface area contributed by atoms with E-state index >= 15 is 0 Å². The molecular formula is C17H23N3O. The van der Waals surface area contributed by atoms with Crippen LogP contribution in [0.3, 0.4) is 0 Å². The molecule has 0 saturated heterocycles. The highest BCUT2D eigenvalue weighted by atomic mass is 16.5. The first-order valence-corrected chi connectivity index (χ1v) is 7.86. The van der Waals surface area contributed by atoms with Gasteiger partial charge in [-0.1, -0.05) is 0 Å². The van der Waals surface area contributed by atoms with E-state index < -0.39 is 0 Å². The van der Waals surface area contributed by atoms with Crippen LogP contribution in [0.25, 0.3) is 0 Å². The number of aromatic nitrogens is 2. The largest absolute Gasteiger partial charge is 0.490 e. The second kappa shape index (κ2) is 6.66. The molecule has 4 heteroatoms. The zero-order valence-electron chi connectivity index (χ0n) is 12.6. The molecule has 0 bridgehead atoms. The number of aryl methyl sites for hydroxylation is 1. The van der Waals surface area contributed by atoms with Crippen molar-refractivity contribution in [2.24, 2.45) is 0 Å². The normalized spacial score (nSPS) is 15.3. The summed E-state index contributed by atoms with van der Waals surface area (Å²) in [6.07, 6.45) is 7.26. The predicted molar refractivity (Wildman–Crippen MR) is 84.6 cm³/mol. The van der Waals surface area contributed by atoms with Gasteiger partial charge in [-0.3, -0.25) is 4.68 Å². The van der Waals surface area contributed by atoms with Crippen LogP contribution in [0.1, 0.15) is 38.3 Å². The van der Waals surface area contributed by atoms with E-state index in [2.05, 4.69) is 41.6 Å². The van der Waals surface area contributed by atoms with Crippen LogP contribution in [0.2, 0.25) is 0 Å². The average Bonchev–Trinajstić information content (AvgIpc) is 3.17. The predicted octanol–water partition coefficient (Wildman–Crippen LogP) is 3.84. The minimum absolute atomic E-state index is 0.419. The van der Waals surface area contributed by atoms with Crippen molar-refractivity contribution in [1.82, 2.24) is 9.78 Å². The van der Waals surface area contributed by atoms with E-state index in [1.165, 1.54) is 31.4 Å². The van der Waals surface area contributed by atoms with Crippen LogP contribution < -0.4 is 10.1 Å². The van der Waals surface area contributed by atoms with Gasteiger partial charge in [-0.2, -0.15) is 5.10 Å². The number of nitrogens with zero attached hydrogens (tertiary/aromatic N) is 2. The molecule has 1 N–H and O–H groups in total. The average molecular weight is 285 g/mol. The fourth-order valence-electron chi connectivity index (χ4n) is 2.84. The van der Waals surface area contributed by atoms with Gasteiger partial charge in [0.05, 0.1) is 18.3 Å². The standard InChI is InChI=1S/C17H23N3O/c1-2-20-15(11-12-19-20)13-18-14-7-9-17(10-8-14)21-16-5-3-4-6-16/h7-12,16,18H,2-6,13H2,1H3. The lowest BCUT2D eigenvalue weighted by molar-refractivity contribution is 0.210. The lowest BCUT2D eigenvalue weighted by Crippen LogP contribution is -2.11. The van der Waals surface area contributed by atoms with Gasteiger partial charge < -0.3 is 10.1 Å². The molecule has 1 aliphatic carbocycles. The Kier molecular flexibility index (Phi) is 4.43. The molecular weight excluding hydrogens is 262 g/mol. The third-order valence-electron chi connectivity index (χ3n) is 4.04. The minimum atomic E-state index is 0.419. The number of anilines is 1.